The molecule has 0 bridgehead atoms. The number of furan rings is 1. The van der Waals surface area contributed by atoms with Gasteiger partial charge in [-0.15, -0.1) is 0 Å². The van der Waals surface area contributed by atoms with Gasteiger partial charge in [-0.05, 0) is 56.8 Å². The van der Waals surface area contributed by atoms with Gasteiger partial charge in [0.05, 0.1) is 12.3 Å². The van der Waals surface area contributed by atoms with Gasteiger partial charge < -0.3 is 4.42 Å². The van der Waals surface area contributed by atoms with Crippen LogP contribution in [0.2, 0.25) is 0 Å². The van der Waals surface area contributed by atoms with Gasteiger partial charge in [-0.25, -0.2) is 4.72 Å². The normalized spacial score (nSPS) is 25.7. The summed E-state index contributed by atoms with van der Waals surface area (Å²) in [6.07, 6.45) is 6.02. The van der Waals surface area contributed by atoms with Crippen molar-refractivity contribution in [3.63, 3.8) is 0 Å². The molecule has 0 amide bonds. The van der Waals surface area contributed by atoms with E-state index in [0.29, 0.717) is 25.6 Å². The maximum Gasteiger partial charge on any atom is 0.279 e. The molecule has 0 unspecified atom stereocenters. The summed E-state index contributed by atoms with van der Waals surface area (Å²) in [7, 11) is -3.42. The smallest absolute Gasteiger partial charge is 0.279 e. The van der Waals surface area contributed by atoms with Gasteiger partial charge in [0.2, 0.25) is 0 Å². The lowest BCUT2D eigenvalue weighted by Crippen LogP contribution is -2.47. The van der Waals surface area contributed by atoms with Gasteiger partial charge in [0.25, 0.3) is 10.2 Å². The Kier molecular flexibility index (Phi) is 5.41. The third kappa shape index (κ3) is 4.15. The van der Waals surface area contributed by atoms with E-state index in [9.17, 15) is 8.42 Å². The van der Waals surface area contributed by atoms with E-state index >= 15 is 0 Å². The van der Waals surface area contributed by atoms with Crippen molar-refractivity contribution < 1.29 is 12.8 Å². The first-order chi connectivity index (χ1) is 11.1. The van der Waals surface area contributed by atoms with Gasteiger partial charge in [-0.3, -0.25) is 4.90 Å². The number of rotatable bonds is 6. The summed E-state index contributed by atoms with van der Waals surface area (Å²) in [4.78, 5) is 2.31. The van der Waals surface area contributed by atoms with Gasteiger partial charge >= 0.3 is 0 Å². The molecule has 130 valence electrons. The molecular formula is C16H27N3O3S. The Morgan fingerprint density at radius 1 is 1.30 bits per heavy atom. The van der Waals surface area contributed by atoms with Crippen LogP contribution in [0.4, 0.5) is 0 Å². The van der Waals surface area contributed by atoms with Crippen molar-refractivity contribution in [2.75, 3.05) is 32.7 Å². The van der Waals surface area contributed by atoms with Crippen molar-refractivity contribution in [1.29, 1.82) is 0 Å². The molecule has 23 heavy (non-hydrogen) atoms. The fourth-order valence-corrected chi connectivity index (χ4v) is 4.96. The van der Waals surface area contributed by atoms with Crippen molar-refractivity contribution in [2.45, 2.75) is 38.6 Å². The zero-order valence-electron chi connectivity index (χ0n) is 13.8. The highest BCUT2D eigenvalue weighted by Crippen LogP contribution is 2.25. The zero-order chi connectivity index (χ0) is 16.3. The van der Waals surface area contributed by atoms with Gasteiger partial charge in [0, 0.05) is 19.6 Å². The van der Waals surface area contributed by atoms with Crippen LogP contribution in [-0.4, -0.2) is 50.3 Å². The van der Waals surface area contributed by atoms with E-state index in [2.05, 4.69) is 16.5 Å². The van der Waals surface area contributed by atoms with E-state index in [-0.39, 0.29) is 6.04 Å². The van der Waals surface area contributed by atoms with Gasteiger partial charge in [-0.2, -0.15) is 12.7 Å². The minimum absolute atomic E-state index is 0.0236. The Balaban J connectivity index is 1.66. The fraction of sp³-hybridized carbons (Fsp3) is 0.750. The Bertz CT molecular complexity index is 582. The van der Waals surface area contributed by atoms with Crippen LogP contribution in [-0.2, 0) is 10.2 Å². The van der Waals surface area contributed by atoms with E-state index in [0.717, 1.165) is 44.5 Å². The van der Waals surface area contributed by atoms with E-state index < -0.39 is 10.2 Å². The Morgan fingerprint density at radius 3 is 2.74 bits per heavy atom. The SMILES string of the molecule is C[C@H]1CCCN(S(=O)(=O)NC[C@H](c2ccco2)N2CCCC2)C1. The first kappa shape index (κ1) is 17.0. The third-order valence-electron chi connectivity index (χ3n) is 4.87. The van der Waals surface area contributed by atoms with Crippen LogP contribution in [0.3, 0.4) is 0 Å². The number of hydrogen-bond donors (Lipinski definition) is 1. The van der Waals surface area contributed by atoms with Gasteiger partial charge in [-0.1, -0.05) is 6.92 Å². The average Bonchev–Trinajstić information content (AvgIpc) is 3.21. The second-order valence-electron chi connectivity index (χ2n) is 6.73. The predicted octanol–water partition coefficient (Wildman–Crippen LogP) is 1.98. The maximum atomic E-state index is 12.6. The topological polar surface area (TPSA) is 65.8 Å². The highest BCUT2D eigenvalue weighted by atomic mass is 32.2. The van der Waals surface area contributed by atoms with Crippen molar-refractivity contribution >= 4 is 10.2 Å². The molecule has 6 nitrogen and oxygen atoms in total. The van der Waals surface area contributed by atoms with E-state index in [1.807, 2.05) is 12.1 Å². The van der Waals surface area contributed by atoms with Crippen LogP contribution in [0.1, 0.15) is 44.4 Å². The second kappa shape index (κ2) is 7.34. The third-order valence-corrected chi connectivity index (χ3v) is 6.41. The van der Waals surface area contributed by atoms with Gasteiger partial charge in [0.15, 0.2) is 0 Å². The molecule has 1 aromatic heterocycles. The largest absolute Gasteiger partial charge is 0.468 e. The Morgan fingerprint density at radius 2 is 2.09 bits per heavy atom. The summed E-state index contributed by atoms with van der Waals surface area (Å²) in [5.74, 6) is 1.27. The minimum atomic E-state index is -3.42. The molecule has 2 atom stereocenters. The van der Waals surface area contributed by atoms with Gasteiger partial charge in [0.1, 0.15) is 5.76 Å². The molecule has 2 aliphatic rings. The average molecular weight is 341 g/mol. The number of hydrogen-bond acceptors (Lipinski definition) is 4. The number of likely N-dealkylation sites (tertiary alicyclic amines) is 1. The number of piperidine rings is 1. The molecule has 1 N–H and O–H groups in total. The molecule has 2 aliphatic heterocycles. The summed E-state index contributed by atoms with van der Waals surface area (Å²) in [6.45, 7) is 5.69. The molecule has 7 heteroatoms. The molecule has 3 rings (SSSR count). The summed E-state index contributed by atoms with van der Waals surface area (Å²) in [5, 5.41) is 0. The molecular weight excluding hydrogens is 314 g/mol. The molecule has 0 radical (unpaired) electrons. The second-order valence-corrected chi connectivity index (χ2v) is 8.49. The first-order valence-electron chi connectivity index (χ1n) is 8.58. The lowest BCUT2D eigenvalue weighted by Gasteiger charge is -2.31. The molecule has 1 aromatic rings. The molecule has 2 saturated heterocycles. The van der Waals surface area contributed by atoms with Crippen molar-refractivity contribution in [1.82, 2.24) is 13.9 Å². The quantitative estimate of drug-likeness (QED) is 0.859. The number of nitrogens with zero attached hydrogens (tertiary/aromatic N) is 2. The predicted molar refractivity (Wildman–Crippen MR) is 89.1 cm³/mol. The van der Waals surface area contributed by atoms with Crippen LogP contribution in [0, 0.1) is 5.92 Å². The molecule has 0 spiro atoms. The Labute approximate surface area is 139 Å². The van der Waals surface area contributed by atoms with Crippen LogP contribution in [0.25, 0.3) is 0 Å². The van der Waals surface area contributed by atoms with E-state index in [1.165, 1.54) is 0 Å². The summed E-state index contributed by atoms with van der Waals surface area (Å²) in [6, 6.07) is 3.77. The minimum Gasteiger partial charge on any atom is -0.468 e. The van der Waals surface area contributed by atoms with Crippen LogP contribution < -0.4 is 4.72 Å². The first-order valence-corrected chi connectivity index (χ1v) is 10.0. The van der Waals surface area contributed by atoms with Crippen LogP contribution in [0.5, 0.6) is 0 Å². The van der Waals surface area contributed by atoms with Crippen molar-refractivity contribution in [2.24, 2.45) is 5.92 Å². The van der Waals surface area contributed by atoms with E-state index in [1.54, 1.807) is 10.6 Å². The molecule has 0 saturated carbocycles. The molecule has 3 heterocycles. The lowest BCUT2D eigenvalue weighted by atomic mass is 10.0. The molecule has 0 aliphatic carbocycles. The van der Waals surface area contributed by atoms with Crippen LogP contribution in [0.15, 0.2) is 22.8 Å². The zero-order valence-corrected chi connectivity index (χ0v) is 14.6. The summed E-state index contributed by atoms with van der Waals surface area (Å²) in [5.41, 5.74) is 0. The highest BCUT2D eigenvalue weighted by molar-refractivity contribution is 7.87. The monoisotopic (exact) mass is 341 g/mol. The van der Waals surface area contributed by atoms with E-state index in [4.69, 9.17) is 4.42 Å². The van der Waals surface area contributed by atoms with Crippen molar-refractivity contribution in [3.8, 4) is 0 Å². The standard InChI is InChI=1S/C16H27N3O3S/c1-14-6-4-10-19(13-14)23(20,21)17-12-15(16-7-5-11-22-16)18-8-2-3-9-18/h5,7,11,14-15,17H,2-4,6,8-10,12-13H2,1H3/t14-,15+/m0/s1. The molecule has 0 aromatic carbocycles. The maximum absolute atomic E-state index is 12.6. The fourth-order valence-electron chi connectivity index (χ4n) is 3.58. The molecule has 2 fully saturated rings. The Hall–Kier alpha value is -0.890. The summed E-state index contributed by atoms with van der Waals surface area (Å²) < 4.78 is 35.1. The summed E-state index contributed by atoms with van der Waals surface area (Å²) >= 11 is 0. The van der Waals surface area contributed by atoms with Crippen molar-refractivity contribution in [3.05, 3.63) is 24.2 Å². The number of nitrogens with one attached hydrogen (secondary N) is 1. The lowest BCUT2D eigenvalue weighted by molar-refractivity contribution is 0.214. The highest BCUT2D eigenvalue weighted by Gasteiger charge is 2.30. The van der Waals surface area contributed by atoms with Crippen LogP contribution >= 0.6 is 0 Å².